The lowest BCUT2D eigenvalue weighted by Crippen LogP contribution is -2.31. The molecule has 23 heavy (non-hydrogen) atoms. The Bertz CT molecular complexity index is 775. The highest BCUT2D eigenvalue weighted by molar-refractivity contribution is 7.00. The number of nitrogens with zero attached hydrogens (tertiary/aromatic N) is 4. The molecule has 0 atom stereocenters. The molecule has 5 heteroatoms. The van der Waals surface area contributed by atoms with Crippen molar-refractivity contribution in [1.29, 1.82) is 0 Å². The van der Waals surface area contributed by atoms with Gasteiger partial charge in [-0.25, -0.2) is 4.98 Å². The molecular weight excluding hydrogens is 304 g/mol. The van der Waals surface area contributed by atoms with Crippen molar-refractivity contribution in [3.63, 3.8) is 0 Å². The molecule has 1 saturated heterocycles. The van der Waals surface area contributed by atoms with Crippen LogP contribution in [0.4, 0.5) is 0 Å². The first-order chi connectivity index (χ1) is 11.4. The van der Waals surface area contributed by atoms with E-state index in [1.807, 2.05) is 6.20 Å². The second kappa shape index (κ2) is 6.72. The Balaban J connectivity index is 1.44. The van der Waals surface area contributed by atoms with Crippen LogP contribution in [0.15, 0.2) is 36.5 Å². The van der Waals surface area contributed by atoms with Gasteiger partial charge < -0.3 is 4.90 Å². The van der Waals surface area contributed by atoms with Crippen LogP contribution >= 0.6 is 11.7 Å². The maximum Gasteiger partial charge on any atom is 0.193 e. The summed E-state index contributed by atoms with van der Waals surface area (Å²) in [5.74, 6) is 0. The van der Waals surface area contributed by atoms with Crippen LogP contribution in [0.25, 0.3) is 22.3 Å². The molecule has 0 unspecified atom stereocenters. The number of likely N-dealkylation sites (tertiary alicyclic amines) is 1. The van der Waals surface area contributed by atoms with Crippen molar-refractivity contribution in [1.82, 2.24) is 18.6 Å². The number of benzene rings is 1. The standard InChI is InChI=1S/C18H20N4S/c1-2-9-22(10-3-1)11-8-14-4-6-15(7-5-14)16-12-17-18(19-13-16)21-23-20-17/h4-7,12-13H,1-3,8-11H2. The molecule has 0 N–H and O–H groups in total. The molecule has 0 amide bonds. The number of pyridine rings is 1. The monoisotopic (exact) mass is 324 g/mol. The van der Waals surface area contributed by atoms with Gasteiger partial charge >= 0.3 is 0 Å². The molecule has 0 aliphatic carbocycles. The summed E-state index contributed by atoms with van der Waals surface area (Å²) < 4.78 is 8.42. The third kappa shape index (κ3) is 3.41. The molecule has 2 aromatic heterocycles. The summed E-state index contributed by atoms with van der Waals surface area (Å²) in [6.07, 6.45) is 7.14. The van der Waals surface area contributed by atoms with E-state index < -0.39 is 0 Å². The topological polar surface area (TPSA) is 41.9 Å². The van der Waals surface area contributed by atoms with Gasteiger partial charge in [-0.3, -0.25) is 0 Å². The van der Waals surface area contributed by atoms with Crippen molar-refractivity contribution in [3.05, 3.63) is 42.1 Å². The van der Waals surface area contributed by atoms with Gasteiger partial charge in [0.2, 0.25) is 0 Å². The van der Waals surface area contributed by atoms with E-state index in [0.717, 1.165) is 23.1 Å². The zero-order chi connectivity index (χ0) is 15.5. The van der Waals surface area contributed by atoms with Crippen LogP contribution in [-0.4, -0.2) is 38.3 Å². The lowest BCUT2D eigenvalue weighted by Gasteiger charge is -2.26. The van der Waals surface area contributed by atoms with Crippen LogP contribution < -0.4 is 0 Å². The molecule has 1 aliphatic rings. The van der Waals surface area contributed by atoms with Crippen LogP contribution in [0, 0.1) is 0 Å². The predicted octanol–water partition coefficient (Wildman–Crippen LogP) is 3.78. The minimum atomic E-state index is 0.733. The number of piperidine rings is 1. The van der Waals surface area contributed by atoms with Crippen molar-refractivity contribution >= 4 is 22.9 Å². The first kappa shape index (κ1) is 14.7. The lowest BCUT2D eigenvalue weighted by atomic mass is 10.0. The normalized spacial score (nSPS) is 16.0. The van der Waals surface area contributed by atoms with Crippen molar-refractivity contribution in [2.75, 3.05) is 19.6 Å². The third-order valence-corrected chi connectivity index (χ3v) is 5.10. The average Bonchev–Trinajstić information content (AvgIpc) is 3.09. The van der Waals surface area contributed by atoms with Gasteiger partial charge in [-0.2, -0.15) is 8.75 Å². The van der Waals surface area contributed by atoms with Gasteiger partial charge in [-0.1, -0.05) is 30.7 Å². The van der Waals surface area contributed by atoms with Crippen molar-refractivity contribution in [3.8, 4) is 11.1 Å². The van der Waals surface area contributed by atoms with E-state index in [1.165, 1.54) is 61.8 Å². The fourth-order valence-corrected chi connectivity index (χ4v) is 3.66. The number of aromatic nitrogens is 3. The van der Waals surface area contributed by atoms with Crippen LogP contribution in [0.3, 0.4) is 0 Å². The molecule has 0 saturated carbocycles. The van der Waals surface area contributed by atoms with E-state index in [1.54, 1.807) is 0 Å². The summed E-state index contributed by atoms with van der Waals surface area (Å²) in [5.41, 5.74) is 5.31. The maximum absolute atomic E-state index is 4.37. The van der Waals surface area contributed by atoms with Gasteiger partial charge in [0.05, 0.1) is 11.7 Å². The molecule has 4 rings (SSSR count). The molecule has 4 nitrogen and oxygen atoms in total. The van der Waals surface area contributed by atoms with Crippen molar-refractivity contribution in [2.24, 2.45) is 0 Å². The molecule has 1 aliphatic heterocycles. The average molecular weight is 324 g/mol. The maximum atomic E-state index is 4.37. The third-order valence-electron chi connectivity index (χ3n) is 4.57. The van der Waals surface area contributed by atoms with Gasteiger partial charge in [-0.15, -0.1) is 0 Å². The number of rotatable bonds is 4. The summed E-state index contributed by atoms with van der Waals surface area (Å²) in [4.78, 5) is 6.96. The van der Waals surface area contributed by atoms with Gasteiger partial charge in [-0.05, 0) is 49.5 Å². The smallest absolute Gasteiger partial charge is 0.193 e. The molecule has 3 heterocycles. The van der Waals surface area contributed by atoms with E-state index in [4.69, 9.17) is 0 Å². The SMILES string of the molecule is c1cc(-c2cnc3nsnc3c2)ccc1CCN1CCCCC1. The first-order valence-corrected chi connectivity index (χ1v) is 9.01. The molecule has 118 valence electrons. The van der Waals surface area contributed by atoms with Gasteiger partial charge in [0.1, 0.15) is 5.52 Å². The van der Waals surface area contributed by atoms with Crippen LogP contribution in [-0.2, 0) is 6.42 Å². The van der Waals surface area contributed by atoms with E-state index in [2.05, 4.69) is 49.0 Å². The zero-order valence-corrected chi connectivity index (χ0v) is 13.9. The lowest BCUT2D eigenvalue weighted by molar-refractivity contribution is 0.231. The highest BCUT2D eigenvalue weighted by Crippen LogP contribution is 2.22. The fourth-order valence-electron chi connectivity index (χ4n) is 3.18. The Labute approximate surface area is 140 Å². The number of fused-ring (bicyclic) bond motifs is 1. The van der Waals surface area contributed by atoms with E-state index in [9.17, 15) is 0 Å². The van der Waals surface area contributed by atoms with E-state index >= 15 is 0 Å². The van der Waals surface area contributed by atoms with Crippen LogP contribution in [0.5, 0.6) is 0 Å². The Morgan fingerprint density at radius 1 is 0.957 bits per heavy atom. The Morgan fingerprint density at radius 2 is 1.78 bits per heavy atom. The zero-order valence-electron chi connectivity index (χ0n) is 13.1. The van der Waals surface area contributed by atoms with Crippen LogP contribution in [0.2, 0.25) is 0 Å². The Morgan fingerprint density at radius 3 is 2.61 bits per heavy atom. The minimum absolute atomic E-state index is 0.733. The van der Waals surface area contributed by atoms with Crippen molar-refractivity contribution in [2.45, 2.75) is 25.7 Å². The Kier molecular flexibility index (Phi) is 4.30. The first-order valence-electron chi connectivity index (χ1n) is 8.28. The molecule has 0 bridgehead atoms. The summed E-state index contributed by atoms with van der Waals surface area (Å²) >= 11 is 1.21. The highest BCUT2D eigenvalue weighted by atomic mass is 32.1. The van der Waals surface area contributed by atoms with Gasteiger partial charge in [0, 0.05) is 18.3 Å². The largest absolute Gasteiger partial charge is 0.303 e. The molecule has 1 aromatic carbocycles. The molecule has 0 radical (unpaired) electrons. The van der Waals surface area contributed by atoms with Crippen LogP contribution in [0.1, 0.15) is 24.8 Å². The van der Waals surface area contributed by atoms with E-state index in [0.29, 0.717) is 0 Å². The van der Waals surface area contributed by atoms with Gasteiger partial charge in [0.25, 0.3) is 0 Å². The fraction of sp³-hybridized carbons (Fsp3) is 0.389. The molecule has 3 aromatic rings. The van der Waals surface area contributed by atoms with E-state index in [-0.39, 0.29) is 0 Å². The molecular formula is C18H20N4S. The van der Waals surface area contributed by atoms with Crippen molar-refractivity contribution < 1.29 is 0 Å². The summed E-state index contributed by atoms with van der Waals surface area (Å²) in [6, 6.07) is 10.9. The predicted molar refractivity (Wildman–Crippen MR) is 94.6 cm³/mol. The summed E-state index contributed by atoms with van der Waals surface area (Å²) in [7, 11) is 0. The van der Waals surface area contributed by atoms with Gasteiger partial charge in [0.15, 0.2) is 5.65 Å². The number of hydrogen-bond donors (Lipinski definition) is 0. The number of hydrogen-bond acceptors (Lipinski definition) is 5. The second-order valence-corrected chi connectivity index (χ2v) is 6.71. The Hall–Kier alpha value is -1.85. The quantitative estimate of drug-likeness (QED) is 0.732. The summed E-state index contributed by atoms with van der Waals surface area (Å²) in [5, 5.41) is 0. The minimum Gasteiger partial charge on any atom is -0.303 e. The summed E-state index contributed by atoms with van der Waals surface area (Å²) in [6.45, 7) is 3.72. The molecule has 0 spiro atoms. The molecule has 1 fully saturated rings. The highest BCUT2D eigenvalue weighted by Gasteiger charge is 2.09. The second-order valence-electron chi connectivity index (χ2n) is 6.18.